The summed E-state index contributed by atoms with van der Waals surface area (Å²) < 4.78 is 101. The topological polar surface area (TPSA) is 130 Å². The van der Waals surface area contributed by atoms with Crippen LogP contribution in [0.25, 0.3) is 0 Å². The number of nitrogens with zero attached hydrogens (tertiary/aromatic N) is 4. The van der Waals surface area contributed by atoms with Crippen LogP contribution in [0.4, 0.5) is 36.8 Å². The number of benzene rings is 2. The highest BCUT2D eigenvalue weighted by atomic mass is 19.4. The molecule has 3 atom stereocenters. The number of methoxy groups -OCH3 is 1. The fourth-order valence-corrected chi connectivity index (χ4v) is 6.24. The molecule has 2 aromatic heterocycles. The van der Waals surface area contributed by atoms with Gasteiger partial charge in [-0.2, -0.15) is 26.3 Å². The number of halogens is 6. The first-order valence-corrected chi connectivity index (χ1v) is 16.2. The second-order valence-electron chi connectivity index (χ2n) is 12.2. The molecule has 0 saturated heterocycles. The number of ether oxygens (including phenoxy) is 3. The SMILES string of the molecule is CCOC(=O)N1c2ccc(OC)nc2[C@H](C(c2cc(C(F)(F)F)cc(C(F)(F)F)c2)c2ncc(C(=O)OCc3ccccc3)c(C)n2)C[C@@]1(N)CC. The van der Waals surface area contributed by atoms with Gasteiger partial charge >= 0.3 is 24.4 Å². The number of carbonyl (C=O) groups is 2. The van der Waals surface area contributed by atoms with Gasteiger partial charge in [-0.05, 0) is 62.1 Å². The number of hydrogen-bond donors (Lipinski definition) is 1. The van der Waals surface area contributed by atoms with Gasteiger partial charge in [0.05, 0.1) is 59.1 Å². The third-order valence-corrected chi connectivity index (χ3v) is 8.84. The van der Waals surface area contributed by atoms with E-state index in [4.69, 9.17) is 19.9 Å². The van der Waals surface area contributed by atoms with E-state index in [1.54, 1.807) is 44.2 Å². The Hall–Kier alpha value is -5.25. The van der Waals surface area contributed by atoms with E-state index in [-0.39, 0.29) is 66.5 Å². The number of amides is 1. The summed E-state index contributed by atoms with van der Waals surface area (Å²) in [5.74, 6) is -3.60. The molecular weight excluding hydrogens is 696 g/mol. The number of pyridine rings is 1. The Bertz CT molecular complexity index is 1910. The van der Waals surface area contributed by atoms with Crippen LogP contribution in [0.3, 0.4) is 0 Å². The van der Waals surface area contributed by atoms with E-state index >= 15 is 0 Å². The maximum atomic E-state index is 14.2. The van der Waals surface area contributed by atoms with Crippen molar-refractivity contribution in [1.82, 2.24) is 15.0 Å². The minimum atomic E-state index is -5.17. The van der Waals surface area contributed by atoms with Crippen LogP contribution in [-0.4, -0.2) is 46.4 Å². The molecular formula is C36H35F6N5O5. The Morgan fingerprint density at radius 1 is 0.962 bits per heavy atom. The molecule has 276 valence electrons. The smallest absolute Gasteiger partial charge is 0.416 e. The number of hydrogen-bond acceptors (Lipinski definition) is 9. The Balaban J connectivity index is 1.74. The van der Waals surface area contributed by atoms with Gasteiger partial charge in [0.15, 0.2) is 0 Å². The van der Waals surface area contributed by atoms with Crippen LogP contribution in [0.2, 0.25) is 0 Å². The molecule has 2 N–H and O–H groups in total. The first-order valence-electron chi connectivity index (χ1n) is 16.2. The first kappa shape index (κ1) is 38.0. The van der Waals surface area contributed by atoms with Gasteiger partial charge in [-0.25, -0.2) is 24.5 Å². The lowest BCUT2D eigenvalue weighted by molar-refractivity contribution is -0.143. The molecule has 5 rings (SSSR count). The van der Waals surface area contributed by atoms with Crippen molar-refractivity contribution >= 4 is 17.7 Å². The summed E-state index contributed by atoms with van der Waals surface area (Å²) in [5.41, 5.74) is 2.59. The zero-order valence-corrected chi connectivity index (χ0v) is 28.5. The lowest BCUT2D eigenvalue weighted by Gasteiger charge is -2.48. The third-order valence-electron chi connectivity index (χ3n) is 8.84. The van der Waals surface area contributed by atoms with Gasteiger partial charge in [0.1, 0.15) is 12.4 Å². The van der Waals surface area contributed by atoms with Crippen LogP contribution in [0.15, 0.2) is 66.9 Å². The number of esters is 1. The lowest BCUT2D eigenvalue weighted by atomic mass is 9.73. The first-order chi connectivity index (χ1) is 24.5. The fourth-order valence-electron chi connectivity index (χ4n) is 6.24. The number of rotatable bonds is 9. The van der Waals surface area contributed by atoms with Crippen molar-refractivity contribution in [3.05, 3.63) is 112 Å². The molecule has 16 heteroatoms. The summed E-state index contributed by atoms with van der Waals surface area (Å²) in [5, 5.41) is 0. The standard InChI is InChI=1S/C36H35F6N5O5/c1-5-34(43)17-25(30-27(12-13-28(46-30)50-4)47(34)33(49)51-6-2)29(22-14-23(35(37,38)39)16-24(15-22)36(40,41)42)31-44-18-26(20(3)45-31)32(48)52-19-21-10-8-7-9-11-21/h7-16,18,25,29H,5-6,17,19,43H2,1-4H3/t25-,29?,34+/m0/s1. The molecule has 2 aromatic carbocycles. The summed E-state index contributed by atoms with van der Waals surface area (Å²) in [6.07, 6.45) is -10.2. The second kappa shape index (κ2) is 14.8. The maximum Gasteiger partial charge on any atom is 0.416 e. The summed E-state index contributed by atoms with van der Waals surface area (Å²) in [6, 6.07) is 12.9. The number of aromatic nitrogens is 3. The van der Waals surface area contributed by atoms with E-state index in [0.29, 0.717) is 17.7 Å². The Kier molecular flexibility index (Phi) is 10.8. The number of carbonyl (C=O) groups excluding carboxylic acids is 2. The minimum Gasteiger partial charge on any atom is -0.481 e. The monoisotopic (exact) mass is 731 g/mol. The molecule has 1 amide bonds. The summed E-state index contributed by atoms with van der Waals surface area (Å²) in [6.45, 7) is 4.60. The van der Waals surface area contributed by atoms with Crippen LogP contribution >= 0.6 is 0 Å². The summed E-state index contributed by atoms with van der Waals surface area (Å²) in [7, 11) is 1.32. The van der Waals surface area contributed by atoms with Gasteiger partial charge in [0, 0.05) is 18.2 Å². The molecule has 1 aliphatic rings. The van der Waals surface area contributed by atoms with Crippen molar-refractivity contribution in [2.45, 2.75) is 70.1 Å². The van der Waals surface area contributed by atoms with E-state index in [2.05, 4.69) is 15.0 Å². The number of fused-ring (bicyclic) bond motifs is 1. The number of alkyl halides is 6. The Labute approximate surface area is 294 Å². The summed E-state index contributed by atoms with van der Waals surface area (Å²) in [4.78, 5) is 41.0. The number of nitrogens with two attached hydrogens (primary N) is 1. The largest absolute Gasteiger partial charge is 0.481 e. The van der Waals surface area contributed by atoms with E-state index in [9.17, 15) is 35.9 Å². The normalized spacial score (nSPS) is 18.0. The highest BCUT2D eigenvalue weighted by molar-refractivity contribution is 5.91. The second-order valence-corrected chi connectivity index (χ2v) is 12.2. The van der Waals surface area contributed by atoms with Crippen LogP contribution in [0.1, 0.15) is 88.3 Å². The molecule has 0 saturated carbocycles. The zero-order valence-electron chi connectivity index (χ0n) is 28.5. The van der Waals surface area contributed by atoms with Crippen LogP contribution < -0.4 is 15.4 Å². The number of anilines is 1. The van der Waals surface area contributed by atoms with Crippen molar-refractivity contribution in [1.29, 1.82) is 0 Å². The van der Waals surface area contributed by atoms with Crippen molar-refractivity contribution in [2.24, 2.45) is 5.73 Å². The predicted molar refractivity (Wildman–Crippen MR) is 175 cm³/mol. The van der Waals surface area contributed by atoms with Gasteiger partial charge < -0.3 is 19.9 Å². The maximum absolute atomic E-state index is 14.2. The summed E-state index contributed by atoms with van der Waals surface area (Å²) >= 11 is 0. The molecule has 0 aliphatic carbocycles. The van der Waals surface area contributed by atoms with Crippen molar-refractivity contribution in [3.8, 4) is 5.88 Å². The zero-order chi connectivity index (χ0) is 38.0. The van der Waals surface area contributed by atoms with Crippen LogP contribution in [0.5, 0.6) is 5.88 Å². The van der Waals surface area contributed by atoms with E-state index in [1.807, 2.05) is 0 Å². The van der Waals surface area contributed by atoms with E-state index in [0.717, 1.165) is 6.20 Å². The Morgan fingerprint density at radius 3 is 2.17 bits per heavy atom. The highest BCUT2D eigenvalue weighted by Crippen LogP contribution is 2.51. The average molecular weight is 732 g/mol. The molecule has 52 heavy (non-hydrogen) atoms. The van der Waals surface area contributed by atoms with Crippen molar-refractivity contribution < 1.29 is 50.1 Å². The minimum absolute atomic E-state index is 0.0161. The predicted octanol–water partition coefficient (Wildman–Crippen LogP) is 7.93. The fraction of sp³-hybridized carbons (Fsp3) is 0.361. The van der Waals surface area contributed by atoms with Crippen LogP contribution in [-0.2, 0) is 28.4 Å². The quantitative estimate of drug-likeness (QED) is 0.135. The molecule has 3 heterocycles. The van der Waals surface area contributed by atoms with Gasteiger partial charge in [-0.15, -0.1) is 0 Å². The van der Waals surface area contributed by atoms with E-state index in [1.165, 1.54) is 31.1 Å². The average Bonchev–Trinajstić information content (AvgIpc) is 3.10. The van der Waals surface area contributed by atoms with Crippen LogP contribution in [0, 0.1) is 6.92 Å². The van der Waals surface area contributed by atoms with Gasteiger partial charge in [0.25, 0.3) is 0 Å². The molecule has 1 aliphatic heterocycles. The van der Waals surface area contributed by atoms with E-state index < -0.39 is 58.6 Å². The molecule has 0 radical (unpaired) electrons. The third kappa shape index (κ3) is 7.81. The molecule has 0 fully saturated rings. The van der Waals surface area contributed by atoms with Gasteiger partial charge in [0.2, 0.25) is 5.88 Å². The number of aryl methyl sites for hydroxylation is 1. The van der Waals surface area contributed by atoms with Crippen molar-refractivity contribution in [2.75, 3.05) is 18.6 Å². The molecule has 4 aromatic rings. The molecule has 10 nitrogen and oxygen atoms in total. The Morgan fingerprint density at radius 2 is 1.62 bits per heavy atom. The van der Waals surface area contributed by atoms with Gasteiger partial charge in [-0.3, -0.25) is 4.90 Å². The van der Waals surface area contributed by atoms with Crippen molar-refractivity contribution in [3.63, 3.8) is 0 Å². The highest BCUT2D eigenvalue weighted by Gasteiger charge is 2.50. The molecule has 1 unspecified atom stereocenters. The molecule has 0 bridgehead atoms. The van der Waals surface area contributed by atoms with Gasteiger partial charge in [-0.1, -0.05) is 37.3 Å². The lowest BCUT2D eigenvalue weighted by Crippen LogP contribution is -2.62. The molecule has 0 spiro atoms.